The molecule has 0 saturated heterocycles. The molecule has 0 spiro atoms. The van der Waals surface area contributed by atoms with Crippen LogP contribution in [0.4, 0.5) is 0 Å². The molecule has 25 aromatic carbocycles. The second kappa shape index (κ2) is 41.3. The highest BCUT2D eigenvalue weighted by Crippen LogP contribution is 2.50. The Kier molecular flexibility index (Phi) is 26.9. The number of halogens is 5. The summed E-state index contributed by atoms with van der Waals surface area (Å²) in [4.78, 5) is 8.88. The SMILES string of the molecule is Brc1c2ccccc2c(-c2ccc3ccccc3c2)c2ccccc12.Brc1c2ccccc2c(Br)c2ccccc12.Brc1cncc(Br)c1.OB(O)c1c2ccccc2c(-c2ccc3ccccc3c2)c2ccccc12.OB(O)c1ccc2ccccc2c1.c1ccc2cc(-c3c4ccccc4c(-c4cncc(-c5c6ccccc6c(-c6ccc7ccccc7c6)c6ccccc56)c4)c4ccccc34)ccc2c1. The topological polar surface area (TPSA) is 107 Å². The van der Waals surface area contributed by atoms with Gasteiger partial charge in [-0.3, -0.25) is 9.97 Å². The summed E-state index contributed by atoms with van der Waals surface area (Å²) in [6, 6.07) is 164. The van der Waals surface area contributed by atoms with Gasteiger partial charge in [0.05, 0.1) is 0 Å². The van der Waals surface area contributed by atoms with Gasteiger partial charge >= 0.3 is 14.2 Å². The Morgan fingerprint density at radius 1 is 0.154 bits per heavy atom. The van der Waals surface area contributed by atoms with Crippen molar-refractivity contribution in [3.8, 4) is 66.8 Å². The smallest absolute Gasteiger partial charge is 0.423 e. The van der Waals surface area contributed by atoms with Crippen molar-refractivity contribution in [2.45, 2.75) is 0 Å². The van der Waals surface area contributed by atoms with Crippen LogP contribution < -0.4 is 10.9 Å². The summed E-state index contributed by atoms with van der Waals surface area (Å²) >= 11 is 17.8. The summed E-state index contributed by atoms with van der Waals surface area (Å²) < 4.78 is 5.49. The van der Waals surface area contributed by atoms with Gasteiger partial charge in [-0.1, -0.05) is 431 Å². The molecule has 2 aromatic heterocycles. The molecule has 0 atom stereocenters. The molecule has 0 unspecified atom stereocenters. The van der Waals surface area contributed by atoms with Gasteiger partial charge in [-0.15, -0.1) is 0 Å². The summed E-state index contributed by atoms with van der Waals surface area (Å²) in [5, 5.41) is 73.8. The fraction of sp³-hybridized carbons (Fsp3) is 0. The van der Waals surface area contributed by atoms with E-state index >= 15 is 0 Å². The van der Waals surface area contributed by atoms with E-state index < -0.39 is 14.2 Å². The minimum Gasteiger partial charge on any atom is -0.423 e. The molecule has 27 aromatic rings. The highest BCUT2D eigenvalue weighted by Gasteiger charge is 2.26. The molecular weight excluding hydrogens is 2070 g/mol. The van der Waals surface area contributed by atoms with Gasteiger partial charge in [0, 0.05) is 58.3 Å². The first kappa shape index (κ1) is 93.1. The molecule has 0 aliphatic carbocycles. The van der Waals surface area contributed by atoms with Crippen LogP contribution in [0.5, 0.6) is 0 Å². The lowest BCUT2D eigenvalue weighted by Gasteiger charge is -2.20. The molecule has 0 aliphatic rings. The number of hydrogen-bond acceptors (Lipinski definition) is 6. The summed E-state index contributed by atoms with van der Waals surface area (Å²) in [6.07, 6.45) is 7.57. The van der Waals surface area contributed by atoms with Gasteiger partial charge < -0.3 is 20.1 Å². The third-order valence-corrected chi connectivity index (χ3v) is 30.4. The monoisotopic (exact) mass is 2150 g/mol. The molecule has 2 heterocycles. The third kappa shape index (κ3) is 18.6. The van der Waals surface area contributed by atoms with E-state index in [2.05, 4.69) is 455 Å². The van der Waals surface area contributed by atoms with E-state index in [-0.39, 0.29) is 0 Å². The maximum atomic E-state index is 10.1. The third-order valence-electron chi connectivity index (χ3n) is 27.0. The number of aromatic nitrogens is 2. The first-order chi connectivity index (χ1) is 70.2. The van der Waals surface area contributed by atoms with Crippen LogP contribution in [-0.2, 0) is 0 Å². The number of fused-ring (bicyclic) bond motifs is 15. The largest absolute Gasteiger partial charge is 0.489 e. The van der Waals surface area contributed by atoms with Crippen LogP contribution in [0.3, 0.4) is 0 Å². The maximum absolute atomic E-state index is 10.1. The minimum absolute atomic E-state index is 0.527. The standard InChI is InChI=1S/C53H33N.C24H17BO2.C24H15Br.C14H8Br2.C10H9BO2.C5H3Br2N/c1-3-15-36-29-38(27-25-34(36)13-1)50-42-17-5-9-21-46(42)52(47-22-10-6-18-43(47)50)40-31-41(33-54-32-40)53-48-23-11-7-19-44(48)51(45-20-8-12-24-49(45)53)39-28-26-35-14-2-4-16-37(35)30-39;26-25(27)24-21-11-5-3-9-19(21)23(20-10-4-6-12-22(20)24)18-14-13-16-7-1-2-8-17(16)15-18;25-24-21-11-5-3-9-19(21)23(20-10-4-6-12-22(20)24)18-14-13-16-7-1-2-8-17(16)15-18;15-13-9-5-1-2-6-10(9)14(16)12-8-4-3-7-11(12)13;12-11(13)10-6-5-8-3-1-2-4-9(8)7-10;6-4-1-5(7)3-8-2-4/h1-33H;1-15,26-27H;1-15H;1-8H;1-7,12-13H;1-3H. The molecule has 0 saturated carbocycles. The van der Waals surface area contributed by atoms with Crippen molar-refractivity contribution in [2.24, 2.45) is 0 Å². The molecule has 0 fully saturated rings. The molecule has 680 valence electrons. The van der Waals surface area contributed by atoms with E-state index in [9.17, 15) is 10.0 Å². The van der Waals surface area contributed by atoms with E-state index in [1.54, 1.807) is 24.5 Å². The van der Waals surface area contributed by atoms with Gasteiger partial charge in [-0.2, -0.15) is 0 Å². The molecule has 4 N–H and O–H groups in total. The summed E-state index contributed by atoms with van der Waals surface area (Å²) in [5.74, 6) is 0. The number of rotatable bonds is 8. The Bertz CT molecular complexity index is 9060. The first-order valence-corrected chi connectivity index (χ1v) is 51.2. The van der Waals surface area contributed by atoms with Crippen molar-refractivity contribution in [2.75, 3.05) is 0 Å². The molecule has 0 amide bonds. The Morgan fingerprint density at radius 3 is 0.580 bits per heavy atom. The Labute approximate surface area is 869 Å². The van der Waals surface area contributed by atoms with Gasteiger partial charge in [-0.05, 0) is 344 Å². The van der Waals surface area contributed by atoms with E-state index in [1.165, 1.54) is 187 Å². The fourth-order valence-electron chi connectivity index (χ4n) is 20.5. The van der Waals surface area contributed by atoms with Crippen molar-refractivity contribution >= 4 is 266 Å². The summed E-state index contributed by atoms with van der Waals surface area (Å²) in [5.41, 5.74) is 15.5. The second-order valence-electron chi connectivity index (χ2n) is 35.4. The predicted octanol–water partition coefficient (Wildman–Crippen LogP) is 35.4. The summed E-state index contributed by atoms with van der Waals surface area (Å²) in [6.45, 7) is 0. The number of benzene rings is 25. The zero-order valence-electron chi connectivity index (χ0n) is 77.0. The zero-order chi connectivity index (χ0) is 97.1. The molecule has 0 aliphatic heterocycles. The van der Waals surface area contributed by atoms with Crippen LogP contribution in [0.2, 0.25) is 0 Å². The van der Waals surface area contributed by atoms with E-state index in [0.29, 0.717) is 10.9 Å². The summed E-state index contributed by atoms with van der Waals surface area (Å²) in [7, 11) is -2.91. The fourth-order valence-corrected chi connectivity index (χ4v) is 23.6. The molecular formula is C130H85B2Br5N2O4. The molecule has 143 heavy (non-hydrogen) atoms. The van der Waals surface area contributed by atoms with Crippen LogP contribution >= 0.6 is 79.6 Å². The maximum Gasteiger partial charge on any atom is 0.489 e. The van der Waals surface area contributed by atoms with Gasteiger partial charge in [-0.25, -0.2) is 0 Å². The number of hydrogen-bond donors (Lipinski definition) is 4. The lowest BCUT2D eigenvalue weighted by Crippen LogP contribution is -2.31. The van der Waals surface area contributed by atoms with Crippen molar-refractivity contribution in [3.63, 3.8) is 0 Å². The van der Waals surface area contributed by atoms with E-state index in [1.807, 2.05) is 97.3 Å². The van der Waals surface area contributed by atoms with Crippen molar-refractivity contribution in [1.29, 1.82) is 0 Å². The lowest BCUT2D eigenvalue weighted by molar-refractivity contribution is 0.425. The van der Waals surface area contributed by atoms with E-state index in [0.717, 1.165) is 63.5 Å². The minimum atomic E-state index is -1.52. The highest BCUT2D eigenvalue weighted by molar-refractivity contribution is 9.11. The van der Waals surface area contributed by atoms with Gasteiger partial charge in [0.2, 0.25) is 0 Å². The van der Waals surface area contributed by atoms with Crippen molar-refractivity contribution in [3.05, 3.63) is 514 Å². The molecule has 0 bridgehead atoms. The predicted molar refractivity (Wildman–Crippen MR) is 628 cm³/mol. The van der Waals surface area contributed by atoms with Gasteiger partial charge in [0.1, 0.15) is 0 Å². The van der Waals surface area contributed by atoms with Gasteiger partial charge in [0.25, 0.3) is 0 Å². The highest BCUT2D eigenvalue weighted by atomic mass is 79.9. The van der Waals surface area contributed by atoms with Crippen LogP contribution in [0.15, 0.2) is 514 Å². The normalized spacial score (nSPS) is 11.3. The van der Waals surface area contributed by atoms with Gasteiger partial charge in [0.15, 0.2) is 0 Å². The number of pyridine rings is 2. The molecule has 6 nitrogen and oxygen atoms in total. The zero-order valence-corrected chi connectivity index (χ0v) is 84.9. The van der Waals surface area contributed by atoms with Crippen LogP contribution in [0, 0.1) is 0 Å². The molecule has 0 radical (unpaired) electrons. The first-order valence-electron chi connectivity index (χ1n) is 47.2. The van der Waals surface area contributed by atoms with Crippen molar-refractivity contribution in [1.82, 2.24) is 9.97 Å². The van der Waals surface area contributed by atoms with E-state index in [4.69, 9.17) is 15.0 Å². The van der Waals surface area contributed by atoms with Crippen molar-refractivity contribution < 1.29 is 20.1 Å². The van der Waals surface area contributed by atoms with Crippen LogP contribution in [0.1, 0.15) is 0 Å². The number of nitrogens with zero attached hydrogens (tertiary/aromatic N) is 2. The average molecular weight is 2160 g/mol. The van der Waals surface area contributed by atoms with Crippen LogP contribution in [-0.4, -0.2) is 44.3 Å². The quantitative estimate of drug-likeness (QED) is 0.0892. The Balaban J connectivity index is 0.000000110. The lowest BCUT2D eigenvalue weighted by atomic mass is 9.72. The Hall–Kier alpha value is -14.9. The molecule has 13 heteroatoms. The average Bonchev–Trinajstić information content (AvgIpc) is 0.727. The molecule has 27 rings (SSSR count). The second-order valence-corrected chi connectivity index (χ2v) is 39.7. The van der Waals surface area contributed by atoms with Crippen LogP contribution in [0.25, 0.3) is 228 Å². The Morgan fingerprint density at radius 2 is 0.343 bits per heavy atom.